The summed E-state index contributed by atoms with van der Waals surface area (Å²) >= 11 is 1.59. The van der Waals surface area contributed by atoms with Crippen LogP contribution in [0.4, 0.5) is 5.69 Å². The SMILES string of the molecule is CN(C)C(=O)c1ccccc1NCc1nccs1. The Labute approximate surface area is 110 Å². The molecule has 94 valence electrons. The summed E-state index contributed by atoms with van der Waals surface area (Å²) in [7, 11) is 3.50. The average molecular weight is 261 g/mol. The lowest BCUT2D eigenvalue weighted by atomic mass is 10.1. The first-order valence-electron chi connectivity index (χ1n) is 5.61. The lowest BCUT2D eigenvalue weighted by Crippen LogP contribution is -2.22. The number of hydrogen-bond donors (Lipinski definition) is 1. The van der Waals surface area contributed by atoms with E-state index in [1.54, 1.807) is 36.5 Å². The maximum atomic E-state index is 12.0. The number of carbonyl (C=O) groups excluding carboxylic acids is 1. The van der Waals surface area contributed by atoms with Crippen molar-refractivity contribution >= 4 is 22.9 Å². The maximum Gasteiger partial charge on any atom is 0.255 e. The highest BCUT2D eigenvalue weighted by molar-refractivity contribution is 7.09. The van der Waals surface area contributed by atoms with Gasteiger partial charge in [-0.15, -0.1) is 11.3 Å². The number of nitrogens with one attached hydrogen (secondary N) is 1. The van der Waals surface area contributed by atoms with E-state index in [1.807, 2.05) is 29.6 Å². The first-order chi connectivity index (χ1) is 8.68. The number of nitrogens with zero attached hydrogens (tertiary/aromatic N) is 2. The third-order valence-corrected chi connectivity index (χ3v) is 3.26. The number of benzene rings is 1. The molecule has 18 heavy (non-hydrogen) atoms. The van der Waals surface area contributed by atoms with Gasteiger partial charge in [0, 0.05) is 31.4 Å². The minimum Gasteiger partial charge on any atom is -0.378 e. The number of aromatic nitrogens is 1. The van der Waals surface area contributed by atoms with Crippen LogP contribution in [0.1, 0.15) is 15.4 Å². The van der Waals surface area contributed by atoms with Gasteiger partial charge in [-0.2, -0.15) is 0 Å². The van der Waals surface area contributed by atoms with E-state index in [2.05, 4.69) is 10.3 Å². The monoisotopic (exact) mass is 261 g/mol. The van der Waals surface area contributed by atoms with Crippen molar-refractivity contribution in [1.82, 2.24) is 9.88 Å². The third kappa shape index (κ3) is 2.87. The molecule has 1 N–H and O–H groups in total. The van der Waals surface area contributed by atoms with E-state index >= 15 is 0 Å². The topological polar surface area (TPSA) is 45.2 Å². The van der Waals surface area contributed by atoms with E-state index in [0.717, 1.165) is 10.7 Å². The number of hydrogen-bond acceptors (Lipinski definition) is 4. The molecule has 0 saturated carbocycles. The van der Waals surface area contributed by atoms with Crippen molar-refractivity contribution in [3.05, 3.63) is 46.4 Å². The molecule has 1 aromatic carbocycles. The lowest BCUT2D eigenvalue weighted by Gasteiger charge is -2.14. The molecular formula is C13H15N3OS. The van der Waals surface area contributed by atoms with Crippen molar-refractivity contribution in [2.24, 2.45) is 0 Å². The maximum absolute atomic E-state index is 12.0. The van der Waals surface area contributed by atoms with Gasteiger partial charge in [0.1, 0.15) is 5.01 Å². The molecule has 0 aliphatic carbocycles. The highest BCUT2D eigenvalue weighted by Crippen LogP contribution is 2.18. The van der Waals surface area contributed by atoms with Gasteiger partial charge in [-0.1, -0.05) is 12.1 Å². The van der Waals surface area contributed by atoms with Crippen LogP contribution in [0.3, 0.4) is 0 Å². The lowest BCUT2D eigenvalue weighted by molar-refractivity contribution is 0.0828. The van der Waals surface area contributed by atoms with Gasteiger partial charge < -0.3 is 10.2 Å². The second-order valence-electron chi connectivity index (χ2n) is 4.02. The minimum atomic E-state index is -0.00256. The molecule has 5 heteroatoms. The second-order valence-corrected chi connectivity index (χ2v) is 5.00. The van der Waals surface area contributed by atoms with E-state index < -0.39 is 0 Å². The molecule has 1 heterocycles. The van der Waals surface area contributed by atoms with Crippen LogP contribution in [0.25, 0.3) is 0 Å². The van der Waals surface area contributed by atoms with E-state index in [9.17, 15) is 4.79 Å². The Balaban J connectivity index is 2.15. The fraction of sp³-hybridized carbons (Fsp3) is 0.231. The molecule has 1 aromatic heterocycles. The Morgan fingerprint density at radius 3 is 2.83 bits per heavy atom. The molecule has 2 rings (SSSR count). The van der Waals surface area contributed by atoms with Gasteiger partial charge in [0.15, 0.2) is 0 Å². The van der Waals surface area contributed by atoms with Crippen molar-refractivity contribution in [3.8, 4) is 0 Å². The molecule has 4 nitrogen and oxygen atoms in total. The zero-order valence-electron chi connectivity index (χ0n) is 10.4. The number of amides is 1. The Bertz CT molecular complexity index is 523. The Morgan fingerprint density at radius 1 is 1.39 bits per heavy atom. The quantitative estimate of drug-likeness (QED) is 0.919. The van der Waals surface area contributed by atoms with Crippen molar-refractivity contribution in [2.75, 3.05) is 19.4 Å². The Hall–Kier alpha value is -1.88. The zero-order chi connectivity index (χ0) is 13.0. The highest BCUT2D eigenvalue weighted by atomic mass is 32.1. The standard InChI is InChI=1S/C13H15N3OS/c1-16(2)13(17)10-5-3-4-6-11(10)15-9-12-14-7-8-18-12/h3-8,15H,9H2,1-2H3. The summed E-state index contributed by atoms with van der Waals surface area (Å²) in [4.78, 5) is 17.8. The van der Waals surface area contributed by atoms with Crippen LogP contribution in [-0.4, -0.2) is 29.9 Å². The van der Waals surface area contributed by atoms with Crippen molar-refractivity contribution < 1.29 is 4.79 Å². The zero-order valence-corrected chi connectivity index (χ0v) is 11.2. The summed E-state index contributed by atoms with van der Waals surface area (Å²) < 4.78 is 0. The first-order valence-corrected chi connectivity index (χ1v) is 6.49. The van der Waals surface area contributed by atoms with Crippen LogP contribution in [0.5, 0.6) is 0 Å². The van der Waals surface area contributed by atoms with E-state index in [0.29, 0.717) is 12.1 Å². The van der Waals surface area contributed by atoms with Gasteiger partial charge in [-0.3, -0.25) is 4.79 Å². The average Bonchev–Trinajstić information content (AvgIpc) is 2.89. The van der Waals surface area contributed by atoms with Crippen LogP contribution < -0.4 is 5.32 Å². The molecule has 2 aromatic rings. The molecule has 0 fully saturated rings. The molecule has 0 spiro atoms. The highest BCUT2D eigenvalue weighted by Gasteiger charge is 2.12. The van der Waals surface area contributed by atoms with Crippen molar-refractivity contribution in [3.63, 3.8) is 0 Å². The molecule has 0 radical (unpaired) electrons. The van der Waals surface area contributed by atoms with Crippen LogP contribution in [0, 0.1) is 0 Å². The summed E-state index contributed by atoms with van der Waals surface area (Å²) in [5, 5.41) is 6.19. The number of para-hydroxylation sites is 1. The van der Waals surface area contributed by atoms with E-state index in [-0.39, 0.29) is 5.91 Å². The Morgan fingerprint density at radius 2 is 2.17 bits per heavy atom. The first kappa shape index (κ1) is 12.6. The molecular weight excluding hydrogens is 246 g/mol. The predicted octanol–water partition coefficient (Wildman–Crippen LogP) is 2.46. The molecule has 0 saturated heterocycles. The van der Waals surface area contributed by atoms with Gasteiger partial charge >= 0.3 is 0 Å². The third-order valence-electron chi connectivity index (χ3n) is 2.48. The van der Waals surface area contributed by atoms with Gasteiger partial charge in [-0.05, 0) is 12.1 Å². The summed E-state index contributed by atoms with van der Waals surface area (Å²) in [6.45, 7) is 0.634. The summed E-state index contributed by atoms with van der Waals surface area (Å²) in [6, 6.07) is 7.51. The van der Waals surface area contributed by atoms with E-state index in [4.69, 9.17) is 0 Å². The molecule has 0 aliphatic heterocycles. The van der Waals surface area contributed by atoms with E-state index in [1.165, 1.54) is 0 Å². The summed E-state index contributed by atoms with van der Waals surface area (Å²) in [6.07, 6.45) is 1.78. The van der Waals surface area contributed by atoms with Crippen LogP contribution in [0.15, 0.2) is 35.8 Å². The smallest absolute Gasteiger partial charge is 0.255 e. The molecule has 0 atom stereocenters. The number of anilines is 1. The normalized spacial score (nSPS) is 10.1. The van der Waals surface area contributed by atoms with Crippen molar-refractivity contribution in [2.45, 2.75) is 6.54 Å². The van der Waals surface area contributed by atoms with Crippen LogP contribution in [-0.2, 0) is 6.54 Å². The Kier molecular flexibility index (Phi) is 3.94. The van der Waals surface area contributed by atoms with Gasteiger partial charge in [0.2, 0.25) is 0 Å². The predicted molar refractivity (Wildman–Crippen MR) is 73.9 cm³/mol. The largest absolute Gasteiger partial charge is 0.378 e. The van der Waals surface area contributed by atoms with Gasteiger partial charge in [0.25, 0.3) is 5.91 Å². The molecule has 1 amide bonds. The summed E-state index contributed by atoms with van der Waals surface area (Å²) in [5.74, 6) is -0.00256. The molecule has 0 unspecified atom stereocenters. The van der Waals surface area contributed by atoms with Gasteiger partial charge in [-0.25, -0.2) is 4.98 Å². The second kappa shape index (κ2) is 5.64. The number of thiazole rings is 1. The van der Waals surface area contributed by atoms with Gasteiger partial charge in [0.05, 0.1) is 12.1 Å². The fourth-order valence-electron chi connectivity index (χ4n) is 1.58. The molecule has 0 aliphatic rings. The fourth-order valence-corrected chi connectivity index (χ4v) is 2.13. The summed E-state index contributed by atoms with van der Waals surface area (Å²) in [5.41, 5.74) is 1.52. The number of rotatable bonds is 4. The van der Waals surface area contributed by atoms with Crippen molar-refractivity contribution in [1.29, 1.82) is 0 Å². The van der Waals surface area contributed by atoms with Crippen LogP contribution >= 0.6 is 11.3 Å². The number of carbonyl (C=O) groups is 1. The van der Waals surface area contributed by atoms with Crippen LogP contribution in [0.2, 0.25) is 0 Å². The minimum absolute atomic E-state index is 0.00256. The molecule has 0 bridgehead atoms.